The number of nitrogen functional groups attached to an aromatic ring is 1. The molecule has 0 aliphatic carbocycles. The maximum Gasteiger partial charge on any atom is 0.255 e. The lowest BCUT2D eigenvalue weighted by molar-refractivity contribution is 0.102. The lowest BCUT2D eigenvalue weighted by Gasteiger charge is -2.08. The SMILES string of the molecule is Nc1ccc(C(=O)Nc2cc(F)cc(F)c2F)cc1F. The van der Waals surface area contributed by atoms with E-state index in [1.807, 2.05) is 5.32 Å². The Kier molecular flexibility index (Phi) is 3.60. The van der Waals surface area contributed by atoms with Crippen molar-refractivity contribution in [1.82, 2.24) is 0 Å². The average Bonchev–Trinajstić information content (AvgIpc) is 2.38. The number of carbonyl (C=O) groups excluding carboxylic acids is 1. The number of halogens is 4. The monoisotopic (exact) mass is 284 g/mol. The van der Waals surface area contributed by atoms with Gasteiger partial charge >= 0.3 is 0 Å². The third kappa shape index (κ3) is 2.71. The summed E-state index contributed by atoms with van der Waals surface area (Å²) in [6, 6.07) is 4.13. The molecular formula is C13H8F4N2O. The van der Waals surface area contributed by atoms with Gasteiger partial charge in [0, 0.05) is 17.7 Å². The van der Waals surface area contributed by atoms with E-state index in [1.54, 1.807) is 0 Å². The quantitative estimate of drug-likeness (QED) is 0.506. The molecule has 3 nitrogen and oxygen atoms in total. The Bertz CT molecular complexity index is 688. The van der Waals surface area contributed by atoms with Gasteiger partial charge in [-0.25, -0.2) is 17.6 Å². The van der Waals surface area contributed by atoms with Crippen LogP contribution in [0.5, 0.6) is 0 Å². The summed E-state index contributed by atoms with van der Waals surface area (Å²) in [5.74, 6) is -5.65. The van der Waals surface area contributed by atoms with Crippen molar-refractivity contribution < 1.29 is 22.4 Å². The first-order chi connectivity index (χ1) is 9.38. The number of anilines is 2. The highest BCUT2D eigenvalue weighted by Gasteiger charge is 2.15. The molecule has 0 saturated heterocycles. The van der Waals surface area contributed by atoms with Gasteiger partial charge in [0.05, 0.1) is 11.4 Å². The first kappa shape index (κ1) is 13.9. The molecule has 3 N–H and O–H groups in total. The predicted octanol–water partition coefficient (Wildman–Crippen LogP) is 3.08. The number of nitrogens with two attached hydrogens (primary N) is 1. The minimum absolute atomic E-state index is 0.162. The third-order valence-corrected chi connectivity index (χ3v) is 2.50. The second-order valence-corrected chi connectivity index (χ2v) is 3.94. The Labute approximate surface area is 111 Å². The van der Waals surface area contributed by atoms with Crippen LogP contribution in [-0.4, -0.2) is 5.91 Å². The van der Waals surface area contributed by atoms with Crippen LogP contribution >= 0.6 is 0 Å². The van der Waals surface area contributed by atoms with Gasteiger partial charge in [0.15, 0.2) is 11.6 Å². The summed E-state index contributed by atoms with van der Waals surface area (Å²) in [6.45, 7) is 0. The van der Waals surface area contributed by atoms with E-state index in [1.165, 1.54) is 6.07 Å². The van der Waals surface area contributed by atoms with Crippen molar-refractivity contribution in [3.63, 3.8) is 0 Å². The van der Waals surface area contributed by atoms with Crippen molar-refractivity contribution in [2.45, 2.75) is 0 Å². The maximum atomic E-state index is 13.4. The summed E-state index contributed by atoms with van der Waals surface area (Å²) in [7, 11) is 0. The Morgan fingerprint density at radius 2 is 1.70 bits per heavy atom. The highest BCUT2D eigenvalue weighted by Crippen LogP contribution is 2.20. The Morgan fingerprint density at radius 1 is 1.00 bits per heavy atom. The Balaban J connectivity index is 2.30. The van der Waals surface area contributed by atoms with E-state index in [2.05, 4.69) is 0 Å². The number of carbonyl (C=O) groups is 1. The Morgan fingerprint density at radius 3 is 2.35 bits per heavy atom. The van der Waals surface area contributed by atoms with Crippen LogP contribution in [0, 0.1) is 23.3 Å². The van der Waals surface area contributed by atoms with Crippen LogP contribution in [0.15, 0.2) is 30.3 Å². The normalized spacial score (nSPS) is 10.4. The largest absolute Gasteiger partial charge is 0.396 e. The maximum absolute atomic E-state index is 13.4. The van der Waals surface area contributed by atoms with E-state index in [4.69, 9.17) is 5.73 Å². The van der Waals surface area contributed by atoms with Gasteiger partial charge in [0.25, 0.3) is 5.91 Å². The van der Waals surface area contributed by atoms with Gasteiger partial charge in [0.2, 0.25) is 0 Å². The lowest BCUT2D eigenvalue weighted by atomic mass is 10.1. The van der Waals surface area contributed by atoms with E-state index < -0.39 is 34.9 Å². The fraction of sp³-hybridized carbons (Fsp3) is 0. The van der Waals surface area contributed by atoms with Crippen LogP contribution in [-0.2, 0) is 0 Å². The zero-order chi connectivity index (χ0) is 14.9. The van der Waals surface area contributed by atoms with E-state index in [0.717, 1.165) is 12.1 Å². The van der Waals surface area contributed by atoms with E-state index in [-0.39, 0.29) is 11.3 Å². The number of hydrogen-bond donors (Lipinski definition) is 2. The van der Waals surface area contributed by atoms with Crippen molar-refractivity contribution in [3.8, 4) is 0 Å². The van der Waals surface area contributed by atoms with Crippen LogP contribution < -0.4 is 11.1 Å². The van der Waals surface area contributed by atoms with Crippen molar-refractivity contribution >= 4 is 17.3 Å². The lowest BCUT2D eigenvalue weighted by Crippen LogP contribution is -2.14. The predicted molar refractivity (Wildman–Crippen MR) is 65.1 cm³/mol. The van der Waals surface area contributed by atoms with Gasteiger partial charge in [-0.15, -0.1) is 0 Å². The van der Waals surface area contributed by atoms with Crippen molar-refractivity contribution in [2.24, 2.45) is 0 Å². The van der Waals surface area contributed by atoms with Crippen molar-refractivity contribution in [2.75, 3.05) is 11.1 Å². The molecule has 0 aliphatic rings. The van der Waals surface area contributed by atoms with E-state index in [0.29, 0.717) is 12.1 Å². The van der Waals surface area contributed by atoms with Crippen LogP contribution in [0.2, 0.25) is 0 Å². The zero-order valence-corrected chi connectivity index (χ0v) is 9.88. The summed E-state index contributed by atoms with van der Waals surface area (Å²) in [4.78, 5) is 11.7. The number of rotatable bonds is 2. The van der Waals surface area contributed by atoms with Gasteiger partial charge in [0.1, 0.15) is 11.6 Å². The molecule has 0 unspecified atom stereocenters. The van der Waals surface area contributed by atoms with Crippen molar-refractivity contribution in [3.05, 3.63) is 59.2 Å². The second-order valence-electron chi connectivity index (χ2n) is 3.94. The fourth-order valence-electron chi connectivity index (χ4n) is 1.51. The van der Waals surface area contributed by atoms with E-state index in [9.17, 15) is 22.4 Å². The van der Waals surface area contributed by atoms with Gasteiger partial charge in [-0.05, 0) is 18.2 Å². The second kappa shape index (κ2) is 5.20. The third-order valence-electron chi connectivity index (χ3n) is 2.50. The van der Waals surface area contributed by atoms with Crippen LogP contribution in [0.25, 0.3) is 0 Å². The van der Waals surface area contributed by atoms with Crippen LogP contribution in [0.1, 0.15) is 10.4 Å². The summed E-state index contributed by atoms with van der Waals surface area (Å²) >= 11 is 0. The highest BCUT2D eigenvalue weighted by atomic mass is 19.2. The molecule has 0 fully saturated rings. The molecule has 2 aromatic rings. The molecule has 1 amide bonds. The molecule has 2 aromatic carbocycles. The van der Waals surface area contributed by atoms with Gasteiger partial charge in [-0.2, -0.15) is 0 Å². The smallest absolute Gasteiger partial charge is 0.255 e. The average molecular weight is 284 g/mol. The van der Waals surface area contributed by atoms with Gasteiger partial charge < -0.3 is 11.1 Å². The molecule has 0 bridgehead atoms. The molecule has 0 heterocycles. The molecule has 0 aliphatic heterocycles. The summed E-state index contributed by atoms with van der Waals surface area (Å²) in [5.41, 5.74) is 4.23. The van der Waals surface area contributed by atoms with Gasteiger partial charge in [-0.1, -0.05) is 0 Å². The molecule has 2 rings (SSSR count). The minimum Gasteiger partial charge on any atom is -0.396 e. The number of hydrogen-bond acceptors (Lipinski definition) is 2. The molecule has 104 valence electrons. The molecule has 0 spiro atoms. The highest BCUT2D eigenvalue weighted by molar-refractivity contribution is 6.04. The van der Waals surface area contributed by atoms with Crippen LogP contribution in [0.3, 0.4) is 0 Å². The molecular weight excluding hydrogens is 276 g/mol. The first-order valence-electron chi connectivity index (χ1n) is 5.39. The molecule has 7 heteroatoms. The standard InChI is InChI=1S/C13H8F4N2O/c14-7-4-9(16)12(17)11(5-7)19-13(20)6-1-2-10(18)8(15)3-6/h1-5H,18H2,(H,19,20). The fourth-order valence-corrected chi connectivity index (χ4v) is 1.51. The summed E-state index contributed by atoms with van der Waals surface area (Å²) in [6.07, 6.45) is 0. The number of nitrogens with one attached hydrogen (secondary N) is 1. The summed E-state index contributed by atoms with van der Waals surface area (Å²) in [5, 5.41) is 1.95. The molecule has 0 atom stereocenters. The first-order valence-corrected chi connectivity index (χ1v) is 5.39. The molecule has 0 saturated carbocycles. The Hall–Kier alpha value is -2.57. The number of amides is 1. The zero-order valence-electron chi connectivity index (χ0n) is 9.88. The molecule has 0 radical (unpaired) electrons. The minimum atomic E-state index is -1.44. The molecule has 0 aromatic heterocycles. The summed E-state index contributed by atoms with van der Waals surface area (Å²) < 4.78 is 52.4. The van der Waals surface area contributed by atoms with Gasteiger partial charge in [-0.3, -0.25) is 4.79 Å². The molecule has 20 heavy (non-hydrogen) atoms. The number of benzene rings is 2. The van der Waals surface area contributed by atoms with Crippen molar-refractivity contribution in [1.29, 1.82) is 0 Å². The van der Waals surface area contributed by atoms with Crippen LogP contribution in [0.4, 0.5) is 28.9 Å². The topological polar surface area (TPSA) is 55.1 Å². The van der Waals surface area contributed by atoms with E-state index >= 15 is 0 Å².